The van der Waals surface area contributed by atoms with Crippen LogP contribution in [-0.4, -0.2) is 12.7 Å². The van der Waals surface area contributed by atoms with Gasteiger partial charge in [0.15, 0.2) is 11.5 Å². The molecule has 0 unspecified atom stereocenters. The Hall–Kier alpha value is -2.39. The SMILES string of the molecule is N#CC(=Cc1cc2c(cc1Cl)OCO2)C(=O)Nc1cc(Cl)ccc1Cl. The van der Waals surface area contributed by atoms with Gasteiger partial charge in [-0.3, -0.25) is 4.79 Å². The van der Waals surface area contributed by atoms with Gasteiger partial charge in [-0.15, -0.1) is 0 Å². The number of hydrogen-bond donors (Lipinski definition) is 1. The number of nitrogens with one attached hydrogen (secondary N) is 1. The lowest BCUT2D eigenvalue weighted by molar-refractivity contribution is -0.112. The molecule has 0 spiro atoms. The number of fused-ring (bicyclic) bond motifs is 1. The lowest BCUT2D eigenvalue weighted by Gasteiger charge is -2.07. The highest BCUT2D eigenvalue weighted by Crippen LogP contribution is 2.37. The molecule has 0 atom stereocenters. The Bertz CT molecular complexity index is 935. The molecule has 0 bridgehead atoms. The Balaban J connectivity index is 1.89. The van der Waals surface area contributed by atoms with E-state index in [4.69, 9.17) is 44.3 Å². The Labute approximate surface area is 158 Å². The van der Waals surface area contributed by atoms with Crippen LogP contribution in [0.25, 0.3) is 6.08 Å². The average Bonchev–Trinajstić information content (AvgIpc) is 3.02. The van der Waals surface area contributed by atoms with E-state index in [0.717, 1.165) is 0 Å². The highest BCUT2D eigenvalue weighted by atomic mass is 35.5. The van der Waals surface area contributed by atoms with Gasteiger partial charge in [0, 0.05) is 11.1 Å². The number of hydrogen-bond acceptors (Lipinski definition) is 4. The molecule has 1 aliphatic heterocycles. The zero-order valence-corrected chi connectivity index (χ0v) is 14.7. The molecule has 2 aromatic carbocycles. The van der Waals surface area contributed by atoms with Gasteiger partial charge >= 0.3 is 0 Å². The summed E-state index contributed by atoms with van der Waals surface area (Å²) in [5, 5.41) is 12.9. The van der Waals surface area contributed by atoms with Crippen molar-refractivity contribution in [2.24, 2.45) is 0 Å². The molecule has 1 amide bonds. The molecule has 1 aliphatic rings. The van der Waals surface area contributed by atoms with E-state index >= 15 is 0 Å². The number of halogens is 3. The summed E-state index contributed by atoms with van der Waals surface area (Å²) in [7, 11) is 0. The van der Waals surface area contributed by atoms with Crippen LogP contribution in [0.5, 0.6) is 11.5 Å². The van der Waals surface area contributed by atoms with Gasteiger partial charge in [0.2, 0.25) is 6.79 Å². The predicted octanol–water partition coefficient (Wildman–Crippen LogP) is 4.92. The smallest absolute Gasteiger partial charge is 0.266 e. The largest absolute Gasteiger partial charge is 0.454 e. The maximum atomic E-state index is 12.4. The number of anilines is 1. The maximum Gasteiger partial charge on any atom is 0.266 e. The van der Waals surface area contributed by atoms with E-state index in [2.05, 4.69) is 5.32 Å². The van der Waals surface area contributed by atoms with Crippen molar-refractivity contribution < 1.29 is 14.3 Å². The number of rotatable bonds is 3. The van der Waals surface area contributed by atoms with Crippen LogP contribution in [-0.2, 0) is 4.79 Å². The fourth-order valence-electron chi connectivity index (χ4n) is 2.13. The Morgan fingerprint density at radius 1 is 1.12 bits per heavy atom. The molecule has 0 fully saturated rings. The zero-order chi connectivity index (χ0) is 18.0. The second-order valence-corrected chi connectivity index (χ2v) is 6.23. The van der Waals surface area contributed by atoms with Gasteiger partial charge in [-0.1, -0.05) is 34.8 Å². The summed E-state index contributed by atoms with van der Waals surface area (Å²) in [4.78, 5) is 12.4. The van der Waals surface area contributed by atoms with Gasteiger partial charge in [0.05, 0.1) is 15.7 Å². The molecule has 2 aromatic rings. The first kappa shape index (κ1) is 17.4. The normalized spacial score (nSPS) is 12.6. The molecular formula is C17H9Cl3N2O3. The van der Waals surface area contributed by atoms with E-state index in [-0.39, 0.29) is 12.4 Å². The number of carbonyl (C=O) groups excluding carboxylic acids is 1. The number of amides is 1. The first-order chi connectivity index (χ1) is 12.0. The summed E-state index contributed by atoms with van der Waals surface area (Å²) in [6.07, 6.45) is 1.36. The van der Waals surface area contributed by atoms with Crippen molar-refractivity contribution in [1.82, 2.24) is 0 Å². The van der Waals surface area contributed by atoms with Gasteiger partial charge in [0.1, 0.15) is 11.6 Å². The summed E-state index contributed by atoms with van der Waals surface area (Å²) >= 11 is 18.1. The van der Waals surface area contributed by atoms with Crippen LogP contribution in [0, 0.1) is 11.3 Å². The van der Waals surface area contributed by atoms with Gasteiger partial charge in [-0.2, -0.15) is 5.26 Å². The fourth-order valence-corrected chi connectivity index (χ4v) is 2.68. The molecule has 0 aromatic heterocycles. The summed E-state index contributed by atoms with van der Waals surface area (Å²) < 4.78 is 10.5. The van der Waals surface area contributed by atoms with Gasteiger partial charge in [0.25, 0.3) is 5.91 Å². The first-order valence-corrected chi connectivity index (χ1v) is 8.08. The molecule has 126 valence electrons. The third-order valence-corrected chi connectivity index (χ3v) is 4.23. The van der Waals surface area contributed by atoms with Crippen molar-refractivity contribution in [1.29, 1.82) is 5.26 Å². The summed E-state index contributed by atoms with van der Waals surface area (Å²) in [6.45, 7) is 0.0949. The van der Waals surface area contributed by atoms with Crippen molar-refractivity contribution in [3.63, 3.8) is 0 Å². The number of nitriles is 1. The zero-order valence-electron chi connectivity index (χ0n) is 12.5. The van der Waals surface area contributed by atoms with Crippen LogP contribution >= 0.6 is 34.8 Å². The molecule has 5 nitrogen and oxygen atoms in total. The molecule has 8 heteroatoms. The number of ether oxygens (including phenoxy) is 2. The number of benzene rings is 2. The molecular weight excluding hydrogens is 387 g/mol. The highest BCUT2D eigenvalue weighted by Gasteiger charge is 2.18. The van der Waals surface area contributed by atoms with Gasteiger partial charge < -0.3 is 14.8 Å². The molecule has 0 aliphatic carbocycles. The van der Waals surface area contributed by atoms with Crippen LogP contribution in [0.2, 0.25) is 15.1 Å². The molecule has 25 heavy (non-hydrogen) atoms. The minimum atomic E-state index is -0.639. The van der Waals surface area contributed by atoms with E-state index in [1.165, 1.54) is 12.1 Å². The van der Waals surface area contributed by atoms with Gasteiger partial charge in [-0.25, -0.2) is 0 Å². The van der Waals surface area contributed by atoms with E-state index in [0.29, 0.717) is 37.8 Å². The molecule has 1 N–H and O–H groups in total. The quantitative estimate of drug-likeness (QED) is 0.591. The van der Waals surface area contributed by atoms with Crippen LogP contribution in [0.4, 0.5) is 5.69 Å². The van der Waals surface area contributed by atoms with Crippen molar-refractivity contribution in [2.75, 3.05) is 12.1 Å². The van der Waals surface area contributed by atoms with Crippen LogP contribution in [0.1, 0.15) is 5.56 Å². The summed E-state index contributed by atoms with van der Waals surface area (Å²) in [5.41, 5.74) is 0.601. The first-order valence-electron chi connectivity index (χ1n) is 6.95. The number of nitrogens with zero attached hydrogens (tertiary/aromatic N) is 1. The fraction of sp³-hybridized carbons (Fsp3) is 0.0588. The minimum Gasteiger partial charge on any atom is -0.454 e. The Kier molecular flexibility index (Phi) is 5.05. The third-order valence-electron chi connectivity index (χ3n) is 3.33. The third kappa shape index (κ3) is 3.83. The lowest BCUT2D eigenvalue weighted by Crippen LogP contribution is -2.13. The molecule has 3 rings (SSSR count). The van der Waals surface area contributed by atoms with Gasteiger partial charge in [-0.05, 0) is 35.9 Å². The lowest BCUT2D eigenvalue weighted by atomic mass is 10.1. The predicted molar refractivity (Wildman–Crippen MR) is 96.3 cm³/mol. The van der Waals surface area contributed by atoms with Crippen LogP contribution in [0.15, 0.2) is 35.9 Å². The monoisotopic (exact) mass is 394 g/mol. The summed E-state index contributed by atoms with van der Waals surface area (Å²) in [6, 6.07) is 9.63. The van der Waals surface area contributed by atoms with E-state index in [1.54, 1.807) is 24.3 Å². The average molecular weight is 396 g/mol. The van der Waals surface area contributed by atoms with E-state index < -0.39 is 5.91 Å². The molecule has 0 saturated heterocycles. The van der Waals surface area contributed by atoms with E-state index in [1.807, 2.05) is 6.07 Å². The van der Waals surface area contributed by atoms with Crippen molar-refractivity contribution >= 4 is 52.5 Å². The topological polar surface area (TPSA) is 71.3 Å². The second-order valence-electron chi connectivity index (χ2n) is 4.98. The minimum absolute atomic E-state index is 0.0949. The van der Waals surface area contributed by atoms with Crippen molar-refractivity contribution in [3.8, 4) is 17.6 Å². The molecule has 0 saturated carbocycles. The molecule has 1 heterocycles. The maximum absolute atomic E-state index is 12.4. The summed E-state index contributed by atoms with van der Waals surface area (Å²) in [5.74, 6) is 0.363. The Morgan fingerprint density at radius 2 is 1.84 bits per heavy atom. The highest BCUT2D eigenvalue weighted by molar-refractivity contribution is 6.36. The Morgan fingerprint density at radius 3 is 2.56 bits per heavy atom. The number of carbonyl (C=O) groups is 1. The standard InChI is InChI=1S/C17H9Cl3N2O3/c18-11-1-2-12(19)14(5-11)22-17(23)10(7-21)3-9-4-15-16(6-13(9)20)25-8-24-15/h1-6H,8H2,(H,22,23). The van der Waals surface area contributed by atoms with Crippen LogP contribution in [0.3, 0.4) is 0 Å². The molecule has 0 radical (unpaired) electrons. The van der Waals surface area contributed by atoms with Crippen molar-refractivity contribution in [2.45, 2.75) is 0 Å². The second kappa shape index (κ2) is 7.24. The van der Waals surface area contributed by atoms with E-state index in [9.17, 15) is 10.1 Å². The van der Waals surface area contributed by atoms with Crippen LogP contribution < -0.4 is 14.8 Å². The van der Waals surface area contributed by atoms with Crippen molar-refractivity contribution in [3.05, 3.63) is 56.5 Å².